The topological polar surface area (TPSA) is 247 Å². The number of benzene rings is 1. The first-order chi connectivity index (χ1) is 17.9. The SMILES string of the molecule is NC(=O)CCC(NC(=O)C(N)Cc1c[nH]c2ccccc12)C(=O)NC(CC(=O)O)C(=O)NC(CS)C(=O)O. The molecular formula is C23H30N6O8S. The van der Waals surface area contributed by atoms with E-state index in [0.717, 1.165) is 16.5 Å². The van der Waals surface area contributed by atoms with Crippen LogP contribution < -0.4 is 27.4 Å². The zero-order valence-electron chi connectivity index (χ0n) is 20.2. The number of hydrogen-bond acceptors (Lipinski definition) is 8. The van der Waals surface area contributed by atoms with E-state index in [1.807, 2.05) is 24.3 Å². The number of nitrogens with two attached hydrogens (primary N) is 2. The Morgan fingerprint density at radius 1 is 0.921 bits per heavy atom. The van der Waals surface area contributed by atoms with Gasteiger partial charge in [0.1, 0.15) is 18.1 Å². The highest BCUT2D eigenvalue weighted by molar-refractivity contribution is 7.80. The van der Waals surface area contributed by atoms with Crippen LogP contribution in [0.15, 0.2) is 30.5 Å². The van der Waals surface area contributed by atoms with Gasteiger partial charge in [-0.05, 0) is 24.5 Å². The number of carbonyl (C=O) groups is 6. The van der Waals surface area contributed by atoms with Gasteiger partial charge in [0.05, 0.1) is 12.5 Å². The number of fused-ring (bicyclic) bond motifs is 1. The lowest BCUT2D eigenvalue weighted by atomic mass is 10.0. The zero-order chi connectivity index (χ0) is 28.4. The molecule has 38 heavy (non-hydrogen) atoms. The summed E-state index contributed by atoms with van der Waals surface area (Å²) in [6.07, 6.45) is 0.367. The minimum atomic E-state index is -1.69. The highest BCUT2D eigenvalue weighted by atomic mass is 32.1. The number of carboxylic acids is 2. The molecule has 2 rings (SSSR count). The van der Waals surface area contributed by atoms with E-state index < -0.39 is 66.2 Å². The summed E-state index contributed by atoms with van der Waals surface area (Å²) >= 11 is 3.82. The maximum atomic E-state index is 13.0. The van der Waals surface area contributed by atoms with E-state index in [1.165, 1.54) is 0 Å². The van der Waals surface area contributed by atoms with Crippen molar-refractivity contribution < 1.29 is 39.0 Å². The molecule has 15 heteroatoms. The Hall–Kier alpha value is -4.11. The molecule has 0 spiro atoms. The van der Waals surface area contributed by atoms with Crippen LogP contribution in [0.4, 0.5) is 0 Å². The first-order valence-corrected chi connectivity index (χ1v) is 12.1. The summed E-state index contributed by atoms with van der Waals surface area (Å²) in [5.41, 5.74) is 12.8. The number of primary amides is 1. The van der Waals surface area contributed by atoms with E-state index in [9.17, 15) is 28.8 Å². The van der Waals surface area contributed by atoms with Gasteiger partial charge < -0.3 is 42.6 Å². The number of aliphatic carboxylic acids is 2. The Labute approximate surface area is 222 Å². The molecule has 206 valence electrons. The highest BCUT2D eigenvalue weighted by Crippen LogP contribution is 2.18. The number of aromatic amines is 1. The number of carboxylic acid groups (broad SMARTS) is 2. The fourth-order valence-electron chi connectivity index (χ4n) is 3.58. The fraction of sp³-hybridized carbons (Fsp3) is 0.391. The van der Waals surface area contributed by atoms with Crippen molar-refractivity contribution in [3.8, 4) is 0 Å². The van der Waals surface area contributed by atoms with Crippen LogP contribution in [0, 0.1) is 0 Å². The molecule has 0 aliphatic rings. The van der Waals surface area contributed by atoms with E-state index in [0.29, 0.717) is 0 Å². The van der Waals surface area contributed by atoms with Gasteiger partial charge in [0.15, 0.2) is 0 Å². The summed E-state index contributed by atoms with van der Waals surface area (Å²) in [6, 6.07) is 1.76. The summed E-state index contributed by atoms with van der Waals surface area (Å²) < 4.78 is 0. The van der Waals surface area contributed by atoms with Crippen LogP contribution in [-0.4, -0.2) is 80.7 Å². The number of carbonyl (C=O) groups excluding carboxylic acids is 4. The van der Waals surface area contributed by atoms with Crippen LogP contribution in [0.1, 0.15) is 24.8 Å². The molecule has 0 bridgehead atoms. The van der Waals surface area contributed by atoms with Gasteiger partial charge in [0.25, 0.3) is 0 Å². The minimum Gasteiger partial charge on any atom is -0.481 e. The van der Waals surface area contributed by atoms with Gasteiger partial charge in [-0.2, -0.15) is 12.6 Å². The number of rotatable bonds is 15. The Morgan fingerprint density at radius 2 is 1.53 bits per heavy atom. The molecule has 0 saturated carbocycles. The van der Waals surface area contributed by atoms with E-state index in [1.54, 1.807) is 6.20 Å². The summed E-state index contributed by atoms with van der Waals surface area (Å²) in [7, 11) is 0. The molecule has 0 aliphatic carbocycles. The van der Waals surface area contributed by atoms with Crippen molar-refractivity contribution in [3.05, 3.63) is 36.0 Å². The average Bonchev–Trinajstić information content (AvgIpc) is 3.26. The summed E-state index contributed by atoms with van der Waals surface area (Å²) in [5, 5.41) is 25.8. The first-order valence-electron chi connectivity index (χ1n) is 11.5. The number of amides is 4. The van der Waals surface area contributed by atoms with Crippen molar-refractivity contribution in [1.82, 2.24) is 20.9 Å². The molecule has 0 radical (unpaired) electrons. The predicted octanol–water partition coefficient (Wildman–Crippen LogP) is -1.75. The van der Waals surface area contributed by atoms with Crippen molar-refractivity contribution in [3.63, 3.8) is 0 Å². The lowest BCUT2D eigenvalue weighted by molar-refractivity contribution is -0.143. The van der Waals surface area contributed by atoms with Gasteiger partial charge >= 0.3 is 11.9 Å². The summed E-state index contributed by atoms with van der Waals surface area (Å²) in [5.74, 6) is -6.74. The predicted molar refractivity (Wildman–Crippen MR) is 138 cm³/mol. The molecule has 4 unspecified atom stereocenters. The third-order valence-corrected chi connectivity index (χ3v) is 5.94. The largest absolute Gasteiger partial charge is 0.481 e. The fourth-order valence-corrected chi connectivity index (χ4v) is 3.83. The van der Waals surface area contributed by atoms with E-state index >= 15 is 0 Å². The number of nitrogens with one attached hydrogen (secondary N) is 4. The van der Waals surface area contributed by atoms with Gasteiger partial charge in [-0.15, -0.1) is 0 Å². The van der Waals surface area contributed by atoms with Crippen LogP contribution in [0.25, 0.3) is 10.9 Å². The number of H-pyrrole nitrogens is 1. The van der Waals surface area contributed by atoms with E-state index in [4.69, 9.17) is 21.7 Å². The molecule has 4 amide bonds. The molecule has 0 saturated heterocycles. The van der Waals surface area contributed by atoms with Crippen molar-refractivity contribution in [2.45, 2.75) is 49.9 Å². The Morgan fingerprint density at radius 3 is 2.13 bits per heavy atom. The van der Waals surface area contributed by atoms with Crippen LogP contribution >= 0.6 is 12.6 Å². The quantitative estimate of drug-likeness (QED) is 0.114. The monoisotopic (exact) mass is 550 g/mol. The normalized spacial score (nSPS) is 14.1. The second kappa shape index (κ2) is 14.0. The van der Waals surface area contributed by atoms with Gasteiger partial charge in [0, 0.05) is 29.3 Å². The van der Waals surface area contributed by atoms with Gasteiger partial charge in [-0.1, -0.05) is 18.2 Å². The highest BCUT2D eigenvalue weighted by Gasteiger charge is 2.31. The number of thiol groups is 1. The summed E-state index contributed by atoms with van der Waals surface area (Å²) in [6.45, 7) is 0. The third-order valence-electron chi connectivity index (χ3n) is 5.57. The molecular weight excluding hydrogens is 520 g/mol. The van der Waals surface area contributed by atoms with Crippen molar-refractivity contribution in [1.29, 1.82) is 0 Å². The molecule has 2 aromatic rings. The molecule has 10 N–H and O–H groups in total. The Kier molecular flexibility index (Phi) is 11.1. The first kappa shape index (κ1) is 30.1. The van der Waals surface area contributed by atoms with Gasteiger partial charge in [0.2, 0.25) is 23.6 Å². The molecule has 1 aromatic heterocycles. The number of para-hydroxylation sites is 1. The van der Waals surface area contributed by atoms with Crippen molar-refractivity contribution in [2.75, 3.05) is 5.75 Å². The molecule has 0 fully saturated rings. The van der Waals surface area contributed by atoms with Crippen molar-refractivity contribution in [2.24, 2.45) is 11.5 Å². The van der Waals surface area contributed by atoms with E-state index in [2.05, 4.69) is 33.6 Å². The van der Waals surface area contributed by atoms with Crippen LogP contribution in [-0.2, 0) is 35.2 Å². The minimum absolute atomic E-state index is 0.115. The smallest absolute Gasteiger partial charge is 0.327 e. The summed E-state index contributed by atoms with van der Waals surface area (Å²) in [4.78, 5) is 75.2. The standard InChI is InChI=1S/C23H30N6O8S/c24-13(7-11-9-26-14-4-2-1-3-12(11)14)20(33)27-15(5-6-18(25)30)21(34)28-16(8-19(31)32)22(35)29-17(10-38)23(36)37/h1-4,9,13,15-17,26,38H,5-8,10,24H2,(H2,25,30)(H,27,33)(H,28,34)(H,29,35)(H,31,32)(H,36,37). The number of hydrogen-bond donors (Lipinski definition) is 9. The number of aromatic nitrogens is 1. The Bertz CT molecular complexity index is 1200. The average molecular weight is 551 g/mol. The molecule has 0 aliphatic heterocycles. The molecule has 1 aromatic carbocycles. The lowest BCUT2D eigenvalue weighted by Crippen LogP contribution is -2.58. The van der Waals surface area contributed by atoms with Gasteiger partial charge in [-0.25, -0.2) is 4.79 Å². The molecule has 14 nitrogen and oxygen atoms in total. The lowest BCUT2D eigenvalue weighted by Gasteiger charge is -2.24. The maximum absolute atomic E-state index is 13.0. The second-order valence-corrected chi connectivity index (χ2v) is 8.84. The third kappa shape index (κ3) is 8.77. The Balaban J connectivity index is 2.15. The van der Waals surface area contributed by atoms with E-state index in [-0.39, 0.29) is 25.0 Å². The zero-order valence-corrected chi connectivity index (χ0v) is 21.1. The van der Waals surface area contributed by atoms with Crippen molar-refractivity contribution >= 4 is 59.1 Å². The molecule has 1 heterocycles. The van der Waals surface area contributed by atoms with Gasteiger partial charge in [-0.3, -0.25) is 24.0 Å². The molecule has 4 atom stereocenters. The van der Waals surface area contributed by atoms with Crippen LogP contribution in [0.3, 0.4) is 0 Å². The van der Waals surface area contributed by atoms with Crippen LogP contribution in [0.5, 0.6) is 0 Å². The second-order valence-electron chi connectivity index (χ2n) is 8.48. The van der Waals surface area contributed by atoms with Crippen LogP contribution in [0.2, 0.25) is 0 Å². The maximum Gasteiger partial charge on any atom is 0.327 e.